The molecule has 1 aromatic carbocycles. The van der Waals surface area contributed by atoms with Crippen LogP contribution in [0.25, 0.3) is 0 Å². The summed E-state index contributed by atoms with van der Waals surface area (Å²) in [6, 6.07) is 9.94. The van der Waals surface area contributed by atoms with Gasteiger partial charge in [0, 0.05) is 13.1 Å². The van der Waals surface area contributed by atoms with Gasteiger partial charge >= 0.3 is 0 Å². The molecule has 0 amide bonds. The van der Waals surface area contributed by atoms with E-state index in [1.807, 2.05) is 30.3 Å². The molecule has 0 aromatic heterocycles. The van der Waals surface area contributed by atoms with Crippen molar-refractivity contribution in [1.82, 2.24) is 4.31 Å². The van der Waals surface area contributed by atoms with E-state index >= 15 is 0 Å². The van der Waals surface area contributed by atoms with Gasteiger partial charge in [-0.2, -0.15) is 12.7 Å². The molecule has 5 heteroatoms. The van der Waals surface area contributed by atoms with Crippen LogP contribution in [0.15, 0.2) is 30.3 Å². The average molecular weight is 226 g/mol. The third kappa shape index (κ3) is 2.37. The molecule has 0 bridgehead atoms. The lowest BCUT2D eigenvalue weighted by atomic mass is 9.99. The molecule has 1 saturated heterocycles. The molecule has 0 radical (unpaired) electrons. The Balaban J connectivity index is 2.12. The van der Waals surface area contributed by atoms with Crippen LogP contribution in [0.3, 0.4) is 0 Å². The van der Waals surface area contributed by atoms with Gasteiger partial charge in [0.2, 0.25) is 0 Å². The first-order chi connectivity index (χ1) is 7.07. The second-order valence-electron chi connectivity index (χ2n) is 3.80. The molecule has 4 nitrogen and oxygen atoms in total. The maximum Gasteiger partial charge on any atom is 0.276 e. The highest BCUT2D eigenvalue weighted by Crippen LogP contribution is 2.27. The zero-order valence-corrected chi connectivity index (χ0v) is 9.15. The Morgan fingerprint density at radius 2 is 1.93 bits per heavy atom. The summed E-state index contributed by atoms with van der Waals surface area (Å²) < 4.78 is 23.6. The molecule has 82 valence electrons. The maximum atomic E-state index is 11.1. The Hall–Kier alpha value is -0.910. The smallest absolute Gasteiger partial charge is 0.216 e. The van der Waals surface area contributed by atoms with E-state index in [4.69, 9.17) is 5.14 Å². The first-order valence-corrected chi connectivity index (χ1v) is 6.40. The minimum absolute atomic E-state index is 0.282. The van der Waals surface area contributed by atoms with Crippen LogP contribution in [0.5, 0.6) is 0 Å². The lowest BCUT2D eigenvalue weighted by Crippen LogP contribution is -2.34. The van der Waals surface area contributed by atoms with Gasteiger partial charge in [-0.25, -0.2) is 5.14 Å². The van der Waals surface area contributed by atoms with E-state index in [-0.39, 0.29) is 5.92 Å². The maximum absolute atomic E-state index is 11.1. The van der Waals surface area contributed by atoms with Crippen LogP contribution in [0, 0.1) is 0 Å². The van der Waals surface area contributed by atoms with E-state index in [0.29, 0.717) is 13.1 Å². The minimum Gasteiger partial charge on any atom is -0.216 e. The standard InChI is InChI=1S/C10H14N2O2S/c11-15(13,14)12-7-6-10(8-12)9-4-2-1-3-5-9/h1-5,10H,6-8H2,(H2,11,13,14). The number of nitrogens with zero attached hydrogens (tertiary/aromatic N) is 1. The van der Waals surface area contributed by atoms with E-state index < -0.39 is 10.2 Å². The number of hydrogen-bond acceptors (Lipinski definition) is 2. The van der Waals surface area contributed by atoms with E-state index in [1.165, 1.54) is 9.87 Å². The highest BCUT2D eigenvalue weighted by molar-refractivity contribution is 7.86. The van der Waals surface area contributed by atoms with Gasteiger partial charge in [0.15, 0.2) is 0 Å². The SMILES string of the molecule is NS(=O)(=O)N1CCC(c2ccccc2)C1. The molecular weight excluding hydrogens is 212 g/mol. The molecule has 1 heterocycles. The summed E-state index contributed by atoms with van der Waals surface area (Å²) in [6.07, 6.45) is 0.848. The molecule has 1 aliphatic rings. The normalized spacial score (nSPS) is 23.1. The second-order valence-corrected chi connectivity index (χ2v) is 5.35. The molecule has 2 N–H and O–H groups in total. The average Bonchev–Trinajstić information content (AvgIpc) is 2.67. The summed E-state index contributed by atoms with van der Waals surface area (Å²) in [7, 11) is -3.51. The zero-order chi connectivity index (χ0) is 10.9. The highest BCUT2D eigenvalue weighted by Gasteiger charge is 2.29. The molecular formula is C10H14N2O2S. The van der Waals surface area contributed by atoms with Crippen molar-refractivity contribution < 1.29 is 8.42 Å². The number of nitrogens with two attached hydrogens (primary N) is 1. The summed E-state index contributed by atoms with van der Waals surface area (Å²) >= 11 is 0. The number of benzene rings is 1. The topological polar surface area (TPSA) is 63.4 Å². The first-order valence-electron chi connectivity index (χ1n) is 4.90. The molecule has 0 aliphatic carbocycles. The molecule has 1 fully saturated rings. The Labute approximate surface area is 89.9 Å². The summed E-state index contributed by atoms with van der Waals surface area (Å²) in [5.41, 5.74) is 1.18. The Kier molecular flexibility index (Phi) is 2.77. The van der Waals surface area contributed by atoms with Gasteiger partial charge in [-0.15, -0.1) is 0 Å². The van der Waals surface area contributed by atoms with Crippen molar-refractivity contribution in [2.75, 3.05) is 13.1 Å². The summed E-state index contributed by atoms with van der Waals surface area (Å²) in [6.45, 7) is 1.03. The van der Waals surface area contributed by atoms with Crippen molar-refractivity contribution >= 4 is 10.2 Å². The monoisotopic (exact) mass is 226 g/mol. The van der Waals surface area contributed by atoms with Gasteiger partial charge in [0.25, 0.3) is 10.2 Å². The molecule has 1 atom stereocenters. The fourth-order valence-corrected chi connectivity index (χ4v) is 2.70. The quantitative estimate of drug-likeness (QED) is 0.806. The highest BCUT2D eigenvalue weighted by atomic mass is 32.2. The molecule has 15 heavy (non-hydrogen) atoms. The summed E-state index contributed by atoms with van der Waals surface area (Å²) in [5.74, 6) is 0.282. The zero-order valence-electron chi connectivity index (χ0n) is 8.33. The molecule has 0 spiro atoms. The fourth-order valence-electron chi connectivity index (χ4n) is 1.96. The Bertz CT molecular complexity index is 430. The third-order valence-electron chi connectivity index (χ3n) is 2.78. The van der Waals surface area contributed by atoms with E-state index in [1.54, 1.807) is 0 Å². The minimum atomic E-state index is -3.51. The lowest BCUT2D eigenvalue weighted by molar-refractivity contribution is 0.474. The van der Waals surface area contributed by atoms with Crippen LogP contribution in [0.1, 0.15) is 17.9 Å². The lowest BCUT2D eigenvalue weighted by Gasteiger charge is -2.12. The van der Waals surface area contributed by atoms with Gasteiger partial charge in [-0.3, -0.25) is 0 Å². The van der Waals surface area contributed by atoms with Crippen molar-refractivity contribution in [3.63, 3.8) is 0 Å². The predicted octanol–water partition coefficient (Wildman–Crippen LogP) is 0.679. The van der Waals surface area contributed by atoms with Crippen LogP contribution in [-0.4, -0.2) is 25.8 Å². The predicted molar refractivity (Wildman–Crippen MR) is 58.5 cm³/mol. The van der Waals surface area contributed by atoms with Crippen LogP contribution >= 0.6 is 0 Å². The van der Waals surface area contributed by atoms with Crippen molar-refractivity contribution in [1.29, 1.82) is 0 Å². The number of rotatable bonds is 2. The second kappa shape index (κ2) is 3.92. The van der Waals surface area contributed by atoms with Gasteiger partial charge in [-0.05, 0) is 17.9 Å². The van der Waals surface area contributed by atoms with Crippen LogP contribution in [-0.2, 0) is 10.2 Å². The third-order valence-corrected chi connectivity index (χ3v) is 3.83. The van der Waals surface area contributed by atoms with E-state index in [0.717, 1.165) is 6.42 Å². The van der Waals surface area contributed by atoms with Crippen molar-refractivity contribution in [3.8, 4) is 0 Å². The van der Waals surface area contributed by atoms with Crippen LogP contribution < -0.4 is 5.14 Å². The van der Waals surface area contributed by atoms with Crippen molar-refractivity contribution in [2.45, 2.75) is 12.3 Å². The van der Waals surface area contributed by atoms with Crippen molar-refractivity contribution in [2.24, 2.45) is 5.14 Å². The summed E-state index contributed by atoms with van der Waals surface area (Å²) in [5, 5.41) is 5.08. The van der Waals surface area contributed by atoms with Gasteiger partial charge in [0.05, 0.1) is 0 Å². The Morgan fingerprint density at radius 3 is 2.47 bits per heavy atom. The van der Waals surface area contributed by atoms with Gasteiger partial charge in [-0.1, -0.05) is 30.3 Å². The molecule has 2 rings (SSSR count). The molecule has 1 aliphatic heterocycles. The van der Waals surface area contributed by atoms with Gasteiger partial charge < -0.3 is 0 Å². The van der Waals surface area contributed by atoms with Crippen molar-refractivity contribution in [3.05, 3.63) is 35.9 Å². The van der Waals surface area contributed by atoms with Gasteiger partial charge in [0.1, 0.15) is 0 Å². The molecule has 1 unspecified atom stereocenters. The van der Waals surface area contributed by atoms with E-state index in [2.05, 4.69) is 0 Å². The molecule has 0 saturated carbocycles. The summed E-state index contributed by atoms with van der Waals surface area (Å²) in [4.78, 5) is 0. The van der Waals surface area contributed by atoms with Crippen LogP contribution in [0.2, 0.25) is 0 Å². The molecule has 1 aromatic rings. The largest absolute Gasteiger partial charge is 0.276 e. The Morgan fingerprint density at radius 1 is 1.27 bits per heavy atom. The number of hydrogen-bond donors (Lipinski definition) is 1. The van der Waals surface area contributed by atoms with Crippen LogP contribution in [0.4, 0.5) is 0 Å². The fraction of sp³-hybridized carbons (Fsp3) is 0.400. The first kappa shape index (κ1) is 10.6. The van der Waals surface area contributed by atoms with E-state index in [9.17, 15) is 8.42 Å².